The highest BCUT2D eigenvalue weighted by Gasteiger charge is 1.91. The second kappa shape index (κ2) is 10.1. The summed E-state index contributed by atoms with van der Waals surface area (Å²) < 4.78 is 0. The van der Waals surface area contributed by atoms with Crippen molar-refractivity contribution in [2.45, 2.75) is 59.8 Å². The predicted octanol–water partition coefficient (Wildman–Crippen LogP) is 5.98. The third-order valence-electron chi connectivity index (χ3n) is 2.76. The molecule has 0 N–H and O–H groups in total. The van der Waals surface area contributed by atoms with Crippen molar-refractivity contribution in [2.75, 3.05) is 0 Å². The third-order valence-corrected chi connectivity index (χ3v) is 2.76. The van der Waals surface area contributed by atoms with E-state index in [0.717, 1.165) is 6.42 Å². The summed E-state index contributed by atoms with van der Waals surface area (Å²) in [6.07, 6.45) is 14.6. The monoisotopic (exact) mass is 232 g/mol. The molecule has 0 rings (SSSR count). The molecule has 0 aliphatic carbocycles. The molecule has 0 spiro atoms. The highest BCUT2D eigenvalue weighted by Crippen LogP contribution is 2.11. The minimum Gasteiger partial charge on any atom is -0.103 e. The van der Waals surface area contributed by atoms with Crippen LogP contribution in [-0.4, -0.2) is 0 Å². The normalized spacial score (nSPS) is 12.5. The fraction of sp³-hybridized carbons (Fsp3) is 0.529. The molecule has 0 atom stereocenters. The molecule has 0 aromatic rings. The van der Waals surface area contributed by atoms with Gasteiger partial charge < -0.3 is 0 Å². The molecule has 0 heteroatoms. The lowest BCUT2D eigenvalue weighted by atomic mass is 10.1. The fourth-order valence-corrected chi connectivity index (χ4v) is 1.62. The molecular formula is C17H28. The fourth-order valence-electron chi connectivity index (χ4n) is 1.62. The quantitative estimate of drug-likeness (QED) is 0.451. The summed E-state index contributed by atoms with van der Waals surface area (Å²) in [5, 5.41) is 0. The van der Waals surface area contributed by atoms with Crippen LogP contribution in [0.4, 0.5) is 0 Å². The lowest BCUT2D eigenvalue weighted by molar-refractivity contribution is 0.915. The van der Waals surface area contributed by atoms with Crippen molar-refractivity contribution in [1.82, 2.24) is 0 Å². The van der Waals surface area contributed by atoms with Crippen LogP contribution in [0.3, 0.4) is 0 Å². The van der Waals surface area contributed by atoms with Crippen molar-refractivity contribution in [3.8, 4) is 0 Å². The Morgan fingerprint density at radius 2 is 1.35 bits per heavy atom. The second-order valence-electron chi connectivity index (χ2n) is 4.98. The first kappa shape index (κ1) is 16.0. The van der Waals surface area contributed by atoms with E-state index in [9.17, 15) is 0 Å². The molecule has 17 heavy (non-hydrogen) atoms. The maximum Gasteiger partial charge on any atom is -0.0169 e. The van der Waals surface area contributed by atoms with Crippen molar-refractivity contribution in [1.29, 1.82) is 0 Å². The first-order valence-corrected chi connectivity index (χ1v) is 6.61. The van der Waals surface area contributed by atoms with Gasteiger partial charge in [-0.2, -0.15) is 0 Å². The molecule has 0 amide bonds. The van der Waals surface area contributed by atoms with Gasteiger partial charge in [0.2, 0.25) is 0 Å². The molecule has 0 saturated heterocycles. The lowest BCUT2D eigenvalue weighted by Gasteiger charge is -2.01. The Labute approximate surface area is 108 Å². The Kier molecular flexibility index (Phi) is 9.52. The standard InChI is InChI=1S/C17H28/c1-6-7-11-16(4)13-9-14-17(5)12-8-10-15(2)3/h6,10-11,14H,1,7-9,12-13H2,2-5H3. The maximum absolute atomic E-state index is 3.73. The molecule has 0 nitrogen and oxygen atoms in total. The summed E-state index contributed by atoms with van der Waals surface area (Å²) in [5.74, 6) is 0. The minimum absolute atomic E-state index is 0.995. The maximum atomic E-state index is 3.73. The summed E-state index contributed by atoms with van der Waals surface area (Å²) in [5.41, 5.74) is 4.40. The Hall–Kier alpha value is -1.04. The highest BCUT2D eigenvalue weighted by molar-refractivity contribution is 5.06. The molecule has 0 unspecified atom stereocenters. The largest absolute Gasteiger partial charge is 0.103 e. The number of allylic oxidation sites excluding steroid dienone is 7. The van der Waals surface area contributed by atoms with Gasteiger partial charge in [-0.3, -0.25) is 0 Å². The van der Waals surface area contributed by atoms with E-state index < -0.39 is 0 Å². The van der Waals surface area contributed by atoms with Crippen LogP contribution in [0.25, 0.3) is 0 Å². The summed E-state index contributed by atoms with van der Waals surface area (Å²) in [6.45, 7) is 12.5. The van der Waals surface area contributed by atoms with E-state index in [1.165, 1.54) is 42.4 Å². The second-order valence-corrected chi connectivity index (χ2v) is 4.98. The van der Waals surface area contributed by atoms with Gasteiger partial charge in [0.15, 0.2) is 0 Å². The average Bonchev–Trinajstić information content (AvgIpc) is 2.25. The van der Waals surface area contributed by atoms with Crippen molar-refractivity contribution in [3.05, 3.63) is 47.6 Å². The average molecular weight is 232 g/mol. The smallest absolute Gasteiger partial charge is 0.0169 e. The van der Waals surface area contributed by atoms with E-state index in [2.05, 4.69) is 52.5 Å². The van der Waals surface area contributed by atoms with Crippen LogP contribution in [0, 0.1) is 0 Å². The zero-order valence-electron chi connectivity index (χ0n) is 12.1. The lowest BCUT2D eigenvalue weighted by Crippen LogP contribution is -1.80. The Balaban J connectivity index is 3.83. The van der Waals surface area contributed by atoms with E-state index in [1.54, 1.807) is 0 Å². The van der Waals surface area contributed by atoms with E-state index in [4.69, 9.17) is 0 Å². The first-order valence-electron chi connectivity index (χ1n) is 6.61. The summed E-state index contributed by atoms with van der Waals surface area (Å²) in [4.78, 5) is 0. The van der Waals surface area contributed by atoms with E-state index in [1.807, 2.05) is 6.08 Å². The molecule has 0 radical (unpaired) electrons. The van der Waals surface area contributed by atoms with Crippen molar-refractivity contribution in [2.24, 2.45) is 0 Å². The molecule has 0 aromatic heterocycles. The topological polar surface area (TPSA) is 0 Å². The molecule has 0 bridgehead atoms. The number of hydrogen-bond donors (Lipinski definition) is 0. The summed E-state index contributed by atoms with van der Waals surface area (Å²) in [7, 11) is 0. The van der Waals surface area contributed by atoms with Gasteiger partial charge in [0.05, 0.1) is 0 Å². The van der Waals surface area contributed by atoms with Gasteiger partial charge in [-0.25, -0.2) is 0 Å². The van der Waals surface area contributed by atoms with Gasteiger partial charge >= 0.3 is 0 Å². The van der Waals surface area contributed by atoms with Crippen LogP contribution >= 0.6 is 0 Å². The number of hydrogen-bond acceptors (Lipinski definition) is 0. The van der Waals surface area contributed by atoms with E-state index >= 15 is 0 Å². The minimum atomic E-state index is 0.995. The molecule has 0 aliphatic rings. The highest BCUT2D eigenvalue weighted by atomic mass is 14.0. The molecule has 96 valence electrons. The Morgan fingerprint density at radius 1 is 0.824 bits per heavy atom. The van der Waals surface area contributed by atoms with Gasteiger partial charge in [-0.05, 0) is 59.8 Å². The number of rotatable bonds is 8. The van der Waals surface area contributed by atoms with E-state index in [0.29, 0.717) is 0 Å². The van der Waals surface area contributed by atoms with Crippen LogP contribution in [0.1, 0.15) is 59.8 Å². The third kappa shape index (κ3) is 11.2. The Bertz CT molecular complexity index is 296. The van der Waals surface area contributed by atoms with Crippen LogP contribution in [-0.2, 0) is 0 Å². The van der Waals surface area contributed by atoms with Crippen molar-refractivity contribution < 1.29 is 0 Å². The van der Waals surface area contributed by atoms with Crippen LogP contribution in [0.15, 0.2) is 47.6 Å². The van der Waals surface area contributed by atoms with Gasteiger partial charge in [0.25, 0.3) is 0 Å². The SMILES string of the molecule is C=CCC=C(C)CCC=C(C)CCC=C(C)C. The van der Waals surface area contributed by atoms with Gasteiger partial charge in [0.1, 0.15) is 0 Å². The zero-order chi connectivity index (χ0) is 13.1. The van der Waals surface area contributed by atoms with Crippen LogP contribution in [0.2, 0.25) is 0 Å². The molecular weight excluding hydrogens is 204 g/mol. The van der Waals surface area contributed by atoms with Crippen molar-refractivity contribution in [3.63, 3.8) is 0 Å². The van der Waals surface area contributed by atoms with Gasteiger partial charge in [-0.1, -0.05) is 41.0 Å². The Morgan fingerprint density at radius 3 is 1.88 bits per heavy atom. The molecule has 0 aliphatic heterocycles. The molecule has 0 fully saturated rings. The molecule has 0 saturated carbocycles. The summed E-state index contributed by atoms with van der Waals surface area (Å²) in [6, 6.07) is 0. The van der Waals surface area contributed by atoms with Gasteiger partial charge in [0, 0.05) is 0 Å². The molecule has 0 aromatic carbocycles. The van der Waals surface area contributed by atoms with Crippen molar-refractivity contribution >= 4 is 0 Å². The zero-order valence-corrected chi connectivity index (χ0v) is 12.1. The van der Waals surface area contributed by atoms with E-state index in [-0.39, 0.29) is 0 Å². The predicted molar refractivity (Wildman–Crippen MR) is 80.2 cm³/mol. The summed E-state index contributed by atoms with van der Waals surface area (Å²) >= 11 is 0. The van der Waals surface area contributed by atoms with Gasteiger partial charge in [-0.15, -0.1) is 6.58 Å². The first-order chi connectivity index (χ1) is 8.06. The van der Waals surface area contributed by atoms with Crippen LogP contribution in [0.5, 0.6) is 0 Å². The molecule has 0 heterocycles. The van der Waals surface area contributed by atoms with Crippen LogP contribution < -0.4 is 0 Å².